The van der Waals surface area contributed by atoms with Crippen molar-refractivity contribution in [2.75, 3.05) is 46.3 Å². The molecular formula is C17H31N3O. The molecule has 2 aliphatic carbocycles. The summed E-state index contributed by atoms with van der Waals surface area (Å²) in [6.07, 6.45) is 7.41. The van der Waals surface area contributed by atoms with E-state index in [0.717, 1.165) is 37.8 Å². The minimum Gasteiger partial charge on any atom is -0.356 e. The highest BCUT2D eigenvalue weighted by molar-refractivity contribution is 5.76. The van der Waals surface area contributed by atoms with Crippen LogP contribution in [0.1, 0.15) is 38.5 Å². The number of hydrogen-bond donors (Lipinski definition) is 1. The number of rotatable bonds is 6. The maximum absolute atomic E-state index is 12.0. The summed E-state index contributed by atoms with van der Waals surface area (Å²) in [7, 11) is 2.19. The molecule has 21 heavy (non-hydrogen) atoms. The van der Waals surface area contributed by atoms with Crippen molar-refractivity contribution in [1.82, 2.24) is 15.1 Å². The highest BCUT2D eigenvalue weighted by atomic mass is 16.1. The van der Waals surface area contributed by atoms with Gasteiger partial charge in [0.15, 0.2) is 0 Å². The van der Waals surface area contributed by atoms with Crippen molar-refractivity contribution < 1.29 is 4.79 Å². The molecule has 3 rings (SSSR count). The third kappa shape index (κ3) is 4.19. The van der Waals surface area contributed by atoms with Crippen molar-refractivity contribution in [3.8, 4) is 0 Å². The number of carbonyl (C=O) groups is 1. The maximum Gasteiger partial charge on any atom is 0.220 e. The lowest BCUT2D eigenvalue weighted by atomic mass is 9.86. The van der Waals surface area contributed by atoms with Gasteiger partial charge in [0.2, 0.25) is 5.91 Å². The van der Waals surface area contributed by atoms with Gasteiger partial charge in [-0.3, -0.25) is 4.79 Å². The molecule has 2 saturated carbocycles. The van der Waals surface area contributed by atoms with Crippen molar-refractivity contribution in [3.05, 3.63) is 0 Å². The van der Waals surface area contributed by atoms with E-state index in [1.54, 1.807) is 0 Å². The van der Waals surface area contributed by atoms with Gasteiger partial charge in [0.1, 0.15) is 0 Å². The third-order valence-electron chi connectivity index (χ3n) is 5.90. The standard InChI is InChI=1S/C17H31N3O/c1-19-7-9-20(10-8-19)6-2-5-18-17(21)13-16-12-14-3-4-15(16)11-14/h14-16H,2-13H2,1H3,(H,18,21)/t14-,15-,16+/m0/s1. The Labute approximate surface area is 129 Å². The first kappa shape index (κ1) is 15.3. The summed E-state index contributed by atoms with van der Waals surface area (Å²) >= 11 is 0. The molecule has 0 aromatic heterocycles. The second kappa shape index (κ2) is 7.10. The molecule has 120 valence electrons. The van der Waals surface area contributed by atoms with E-state index in [9.17, 15) is 4.79 Å². The molecule has 0 aromatic carbocycles. The van der Waals surface area contributed by atoms with E-state index < -0.39 is 0 Å². The summed E-state index contributed by atoms with van der Waals surface area (Å²) in [6, 6.07) is 0. The first-order valence-electron chi connectivity index (χ1n) is 8.88. The molecule has 0 aromatic rings. The SMILES string of the molecule is CN1CCN(CCCNC(=O)C[C@H]2C[C@H]3CC[C@H]2C3)CC1. The topological polar surface area (TPSA) is 35.6 Å². The second-order valence-electron chi connectivity index (χ2n) is 7.49. The Morgan fingerprint density at radius 3 is 2.62 bits per heavy atom. The molecule has 0 unspecified atom stereocenters. The van der Waals surface area contributed by atoms with Gasteiger partial charge in [-0.1, -0.05) is 6.42 Å². The Morgan fingerprint density at radius 1 is 1.14 bits per heavy atom. The lowest BCUT2D eigenvalue weighted by Gasteiger charge is -2.32. The molecular weight excluding hydrogens is 262 g/mol. The Balaban J connectivity index is 1.25. The summed E-state index contributed by atoms with van der Waals surface area (Å²) in [5.41, 5.74) is 0. The van der Waals surface area contributed by atoms with Gasteiger partial charge >= 0.3 is 0 Å². The summed E-state index contributed by atoms with van der Waals surface area (Å²) in [4.78, 5) is 16.9. The second-order valence-corrected chi connectivity index (χ2v) is 7.49. The summed E-state index contributed by atoms with van der Waals surface area (Å²) in [5, 5.41) is 3.14. The van der Waals surface area contributed by atoms with E-state index in [-0.39, 0.29) is 0 Å². The minimum atomic E-state index is 0.297. The molecule has 4 heteroatoms. The van der Waals surface area contributed by atoms with E-state index in [4.69, 9.17) is 0 Å². The number of nitrogens with one attached hydrogen (secondary N) is 1. The molecule has 3 atom stereocenters. The molecule has 0 radical (unpaired) electrons. The molecule has 4 nitrogen and oxygen atoms in total. The Kier molecular flexibility index (Phi) is 5.17. The van der Waals surface area contributed by atoms with Gasteiger partial charge in [0.25, 0.3) is 0 Å². The molecule has 1 saturated heterocycles. The van der Waals surface area contributed by atoms with Crippen molar-refractivity contribution in [2.45, 2.75) is 38.5 Å². The molecule has 1 aliphatic heterocycles. The van der Waals surface area contributed by atoms with E-state index in [0.29, 0.717) is 11.8 Å². The van der Waals surface area contributed by atoms with Gasteiger partial charge in [-0.2, -0.15) is 0 Å². The van der Waals surface area contributed by atoms with Crippen LogP contribution in [0.3, 0.4) is 0 Å². The number of nitrogens with zero attached hydrogens (tertiary/aromatic N) is 2. The van der Waals surface area contributed by atoms with E-state index in [1.165, 1.54) is 51.9 Å². The fourth-order valence-corrected chi connectivity index (χ4v) is 4.54. The van der Waals surface area contributed by atoms with Crippen molar-refractivity contribution in [1.29, 1.82) is 0 Å². The van der Waals surface area contributed by atoms with Crippen LogP contribution in [0, 0.1) is 17.8 Å². The van der Waals surface area contributed by atoms with Gasteiger partial charge in [-0.15, -0.1) is 0 Å². The number of amides is 1. The maximum atomic E-state index is 12.0. The third-order valence-corrected chi connectivity index (χ3v) is 5.90. The first-order chi connectivity index (χ1) is 10.2. The van der Waals surface area contributed by atoms with Crippen molar-refractivity contribution in [2.24, 2.45) is 17.8 Å². The number of fused-ring (bicyclic) bond motifs is 2. The largest absolute Gasteiger partial charge is 0.356 e. The zero-order chi connectivity index (χ0) is 14.7. The predicted octanol–water partition coefficient (Wildman–Crippen LogP) is 1.57. The number of likely N-dealkylation sites (N-methyl/N-ethyl adjacent to an activating group) is 1. The summed E-state index contributed by atoms with van der Waals surface area (Å²) < 4.78 is 0. The zero-order valence-electron chi connectivity index (χ0n) is 13.5. The molecule has 0 spiro atoms. The van der Waals surface area contributed by atoms with Crippen LogP contribution in [-0.2, 0) is 4.79 Å². The van der Waals surface area contributed by atoms with Crippen LogP contribution in [0.15, 0.2) is 0 Å². The van der Waals surface area contributed by atoms with Crippen LogP contribution >= 0.6 is 0 Å². The molecule has 3 aliphatic rings. The molecule has 1 N–H and O–H groups in total. The Hall–Kier alpha value is -0.610. The number of hydrogen-bond acceptors (Lipinski definition) is 3. The van der Waals surface area contributed by atoms with E-state index in [2.05, 4.69) is 22.2 Å². The lowest BCUT2D eigenvalue weighted by molar-refractivity contribution is -0.122. The van der Waals surface area contributed by atoms with Gasteiger partial charge in [0.05, 0.1) is 0 Å². The Morgan fingerprint density at radius 2 is 1.95 bits per heavy atom. The molecule has 1 amide bonds. The quantitative estimate of drug-likeness (QED) is 0.755. The Bertz CT molecular complexity index is 352. The van der Waals surface area contributed by atoms with E-state index in [1.807, 2.05) is 0 Å². The van der Waals surface area contributed by atoms with Crippen LogP contribution in [-0.4, -0.2) is 62.0 Å². The lowest BCUT2D eigenvalue weighted by Crippen LogP contribution is -2.45. The summed E-state index contributed by atoms with van der Waals surface area (Å²) in [6.45, 7) is 6.69. The van der Waals surface area contributed by atoms with Crippen molar-refractivity contribution in [3.63, 3.8) is 0 Å². The van der Waals surface area contributed by atoms with Crippen molar-refractivity contribution >= 4 is 5.91 Å². The summed E-state index contributed by atoms with van der Waals surface area (Å²) in [5.74, 6) is 2.81. The predicted molar refractivity (Wildman–Crippen MR) is 85.1 cm³/mol. The first-order valence-corrected chi connectivity index (χ1v) is 8.88. The van der Waals surface area contributed by atoms with Gasteiger partial charge in [0, 0.05) is 39.1 Å². The average molecular weight is 293 g/mol. The van der Waals surface area contributed by atoms with Crippen LogP contribution in [0.2, 0.25) is 0 Å². The molecule has 2 bridgehead atoms. The fraction of sp³-hybridized carbons (Fsp3) is 0.941. The minimum absolute atomic E-state index is 0.297. The zero-order valence-corrected chi connectivity index (χ0v) is 13.5. The molecule has 1 heterocycles. The highest BCUT2D eigenvalue weighted by Crippen LogP contribution is 2.49. The smallest absolute Gasteiger partial charge is 0.220 e. The van der Waals surface area contributed by atoms with Crippen LogP contribution in [0.5, 0.6) is 0 Å². The van der Waals surface area contributed by atoms with Crippen LogP contribution < -0.4 is 5.32 Å². The normalized spacial score (nSPS) is 33.5. The van der Waals surface area contributed by atoms with Gasteiger partial charge < -0.3 is 15.1 Å². The van der Waals surface area contributed by atoms with Gasteiger partial charge in [-0.05, 0) is 57.0 Å². The monoisotopic (exact) mass is 293 g/mol. The molecule has 3 fully saturated rings. The fourth-order valence-electron chi connectivity index (χ4n) is 4.54. The average Bonchev–Trinajstić information content (AvgIpc) is 3.08. The number of carbonyl (C=O) groups excluding carboxylic acids is 1. The van der Waals surface area contributed by atoms with Crippen LogP contribution in [0.25, 0.3) is 0 Å². The number of piperazine rings is 1. The highest BCUT2D eigenvalue weighted by Gasteiger charge is 2.39. The van der Waals surface area contributed by atoms with E-state index >= 15 is 0 Å². The van der Waals surface area contributed by atoms with Crippen LogP contribution in [0.4, 0.5) is 0 Å². The van der Waals surface area contributed by atoms with Gasteiger partial charge in [-0.25, -0.2) is 0 Å².